The Labute approximate surface area is 200 Å². The highest BCUT2D eigenvalue weighted by atomic mass is 16.5. The van der Waals surface area contributed by atoms with Gasteiger partial charge in [-0.2, -0.15) is 15.2 Å². The summed E-state index contributed by atoms with van der Waals surface area (Å²) >= 11 is 0. The van der Waals surface area contributed by atoms with E-state index in [4.69, 9.17) is 14.7 Å². The van der Waals surface area contributed by atoms with Crippen molar-refractivity contribution in [2.24, 2.45) is 0 Å². The van der Waals surface area contributed by atoms with Crippen LogP contribution in [0.4, 0.5) is 11.5 Å². The van der Waals surface area contributed by atoms with Crippen LogP contribution in [-0.2, 0) is 12.8 Å². The van der Waals surface area contributed by atoms with Crippen LogP contribution in [0.25, 0.3) is 11.3 Å². The van der Waals surface area contributed by atoms with Crippen LogP contribution in [0, 0.1) is 11.3 Å². The minimum Gasteiger partial charge on any atom is -0.497 e. The van der Waals surface area contributed by atoms with Gasteiger partial charge in [0.05, 0.1) is 32.4 Å². The third-order valence-electron chi connectivity index (χ3n) is 5.51. The molecule has 4 rings (SSSR count). The molecule has 0 bridgehead atoms. The van der Waals surface area contributed by atoms with Crippen molar-refractivity contribution in [1.82, 2.24) is 9.97 Å². The van der Waals surface area contributed by atoms with Gasteiger partial charge in [0.1, 0.15) is 11.6 Å². The fourth-order valence-electron chi connectivity index (χ4n) is 3.74. The molecule has 0 fully saturated rings. The fourth-order valence-corrected chi connectivity index (χ4v) is 3.74. The highest BCUT2D eigenvalue weighted by molar-refractivity contribution is 5.68. The van der Waals surface area contributed by atoms with E-state index < -0.39 is 0 Å². The monoisotopic (exact) mass is 450 g/mol. The van der Waals surface area contributed by atoms with E-state index in [-0.39, 0.29) is 0 Å². The Kier molecular flexibility index (Phi) is 7.36. The molecule has 0 aliphatic carbocycles. The normalized spacial score (nSPS) is 10.4. The first-order valence-electron chi connectivity index (χ1n) is 11.0. The second-order valence-corrected chi connectivity index (χ2v) is 7.72. The first kappa shape index (κ1) is 22.8. The Morgan fingerprint density at radius 1 is 0.824 bits per heavy atom. The summed E-state index contributed by atoms with van der Waals surface area (Å²) in [5.41, 5.74) is 4.83. The Bertz CT molecular complexity index is 1270. The Morgan fingerprint density at radius 2 is 1.62 bits per heavy atom. The SMILES string of the molecule is COc1ccc(CCN(c2ccccc2)c2cc(-c3cccc(CC#N)c3)nc(OC)n2)cc1. The standard InChI is InChI=1S/C28H26N4O2/c1-33-25-13-11-21(12-14-25)16-18-32(24-9-4-3-5-10-24)27-20-26(30-28(31-27)34-2)23-8-6-7-22(19-23)15-17-29/h3-14,19-20H,15-16,18H2,1-2H3. The van der Waals surface area contributed by atoms with Crippen LogP contribution >= 0.6 is 0 Å². The summed E-state index contributed by atoms with van der Waals surface area (Å²) in [6.07, 6.45) is 1.17. The third kappa shape index (κ3) is 5.51. The molecule has 0 radical (unpaired) electrons. The Morgan fingerprint density at radius 3 is 2.32 bits per heavy atom. The van der Waals surface area contributed by atoms with Gasteiger partial charge in [-0.15, -0.1) is 0 Å². The van der Waals surface area contributed by atoms with Crippen molar-refractivity contribution in [2.45, 2.75) is 12.8 Å². The number of rotatable bonds is 9. The van der Waals surface area contributed by atoms with E-state index in [1.807, 2.05) is 60.7 Å². The molecule has 0 saturated heterocycles. The lowest BCUT2D eigenvalue weighted by atomic mass is 10.1. The maximum Gasteiger partial charge on any atom is 0.318 e. The van der Waals surface area contributed by atoms with Gasteiger partial charge in [-0.1, -0.05) is 48.5 Å². The van der Waals surface area contributed by atoms with Crippen molar-refractivity contribution in [3.63, 3.8) is 0 Å². The topological polar surface area (TPSA) is 71.3 Å². The van der Waals surface area contributed by atoms with Gasteiger partial charge in [-0.3, -0.25) is 0 Å². The predicted molar refractivity (Wildman–Crippen MR) is 133 cm³/mol. The molecule has 3 aromatic carbocycles. The lowest BCUT2D eigenvalue weighted by Gasteiger charge is -2.25. The van der Waals surface area contributed by atoms with Gasteiger partial charge < -0.3 is 14.4 Å². The lowest BCUT2D eigenvalue weighted by Crippen LogP contribution is -2.21. The van der Waals surface area contributed by atoms with Crippen LogP contribution in [0.15, 0.2) is 84.9 Å². The molecule has 1 aromatic heterocycles. The number of nitriles is 1. The summed E-state index contributed by atoms with van der Waals surface area (Å²) in [6.45, 7) is 0.713. The fraction of sp³-hybridized carbons (Fsp3) is 0.179. The number of para-hydroxylation sites is 1. The van der Waals surface area contributed by atoms with E-state index >= 15 is 0 Å². The molecule has 6 nitrogen and oxygen atoms in total. The Balaban J connectivity index is 1.71. The number of anilines is 2. The molecule has 0 aliphatic heterocycles. The number of hydrogen-bond acceptors (Lipinski definition) is 6. The average molecular weight is 451 g/mol. The minimum absolute atomic E-state index is 0.295. The molecule has 170 valence electrons. The summed E-state index contributed by atoms with van der Waals surface area (Å²) < 4.78 is 10.7. The van der Waals surface area contributed by atoms with Gasteiger partial charge in [0.15, 0.2) is 0 Å². The van der Waals surface area contributed by atoms with Crippen molar-refractivity contribution < 1.29 is 9.47 Å². The molecule has 0 spiro atoms. The van der Waals surface area contributed by atoms with Gasteiger partial charge in [-0.05, 0) is 47.9 Å². The van der Waals surface area contributed by atoms with Crippen molar-refractivity contribution in [1.29, 1.82) is 5.26 Å². The minimum atomic E-state index is 0.295. The van der Waals surface area contributed by atoms with Crippen LogP contribution in [0.2, 0.25) is 0 Å². The number of hydrogen-bond donors (Lipinski definition) is 0. The van der Waals surface area contributed by atoms with Crippen LogP contribution in [0.3, 0.4) is 0 Å². The maximum atomic E-state index is 9.08. The number of benzene rings is 3. The molecular formula is C28H26N4O2. The smallest absolute Gasteiger partial charge is 0.318 e. The van der Waals surface area contributed by atoms with Crippen molar-refractivity contribution in [2.75, 3.05) is 25.7 Å². The van der Waals surface area contributed by atoms with Gasteiger partial charge in [-0.25, -0.2) is 0 Å². The van der Waals surface area contributed by atoms with E-state index in [1.54, 1.807) is 14.2 Å². The molecule has 0 atom stereocenters. The highest BCUT2D eigenvalue weighted by Gasteiger charge is 2.16. The van der Waals surface area contributed by atoms with Gasteiger partial charge in [0.25, 0.3) is 0 Å². The first-order chi connectivity index (χ1) is 16.7. The number of methoxy groups -OCH3 is 2. The molecule has 0 unspecified atom stereocenters. The summed E-state index contributed by atoms with van der Waals surface area (Å²) in [4.78, 5) is 11.4. The second kappa shape index (κ2) is 11.0. The van der Waals surface area contributed by atoms with E-state index in [0.29, 0.717) is 19.0 Å². The van der Waals surface area contributed by atoms with Gasteiger partial charge >= 0.3 is 6.01 Å². The highest BCUT2D eigenvalue weighted by Crippen LogP contribution is 2.30. The van der Waals surface area contributed by atoms with E-state index in [1.165, 1.54) is 5.56 Å². The number of nitrogens with zero attached hydrogens (tertiary/aromatic N) is 4. The molecule has 4 aromatic rings. The lowest BCUT2D eigenvalue weighted by molar-refractivity contribution is 0.380. The van der Waals surface area contributed by atoms with Crippen LogP contribution in [-0.4, -0.2) is 30.7 Å². The van der Waals surface area contributed by atoms with Crippen LogP contribution in [0.5, 0.6) is 11.8 Å². The quantitative estimate of drug-likeness (QED) is 0.330. The van der Waals surface area contributed by atoms with Crippen LogP contribution < -0.4 is 14.4 Å². The predicted octanol–water partition coefficient (Wildman–Crippen LogP) is 5.61. The second-order valence-electron chi connectivity index (χ2n) is 7.72. The van der Waals surface area contributed by atoms with Crippen molar-refractivity contribution >= 4 is 11.5 Å². The molecule has 0 amide bonds. The zero-order valence-electron chi connectivity index (χ0n) is 19.3. The summed E-state index contributed by atoms with van der Waals surface area (Å²) in [7, 11) is 3.24. The molecule has 6 heteroatoms. The molecule has 1 heterocycles. The number of aromatic nitrogens is 2. The first-order valence-corrected chi connectivity index (χ1v) is 11.0. The summed E-state index contributed by atoms with van der Waals surface area (Å²) in [5.74, 6) is 1.58. The number of ether oxygens (including phenoxy) is 2. The Hall–Kier alpha value is -4.37. The zero-order chi connectivity index (χ0) is 23.8. The molecule has 0 saturated carbocycles. The van der Waals surface area contributed by atoms with Crippen molar-refractivity contribution in [3.05, 3.63) is 96.1 Å². The van der Waals surface area contributed by atoms with Gasteiger partial charge in [0.2, 0.25) is 0 Å². The molecule has 0 N–H and O–H groups in total. The van der Waals surface area contributed by atoms with Crippen molar-refractivity contribution in [3.8, 4) is 29.1 Å². The van der Waals surface area contributed by atoms with E-state index in [0.717, 1.165) is 40.5 Å². The summed E-state index contributed by atoms with van der Waals surface area (Å²) in [5, 5.41) is 9.08. The van der Waals surface area contributed by atoms with E-state index in [9.17, 15) is 0 Å². The zero-order valence-corrected chi connectivity index (χ0v) is 19.3. The van der Waals surface area contributed by atoms with Gasteiger partial charge in [0, 0.05) is 23.9 Å². The average Bonchev–Trinajstić information content (AvgIpc) is 2.90. The third-order valence-corrected chi connectivity index (χ3v) is 5.51. The summed E-state index contributed by atoms with van der Waals surface area (Å²) in [6, 6.07) is 30.6. The molecule has 0 aliphatic rings. The van der Waals surface area contributed by atoms with E-state index in [2.05, 4.69) is 45.2 Å². The van der Waals surface area contributed by atoms with Crippen LogP contribution in [0.1, 0.15) is 11.1 Å². The molecule has 34 heavy (non-hydrogen) atoms. The largest absolute Gasteiger partial charge is 0.497 e. The maximum absolute atomic E-state index is 9.08. The molecular weight excluding hydrogens is 424 g/mol.